The van der Waals surface area contributed by atoms with E-state index in [-0.39, 0.29) is 12.1 Å². The number of nitrogens with zero attached hydrogens (tertiary/aromatic N) is 3. The number of carbonyl (C=O) groups excluding carboxylic acids is 1. The number of halogens is 1. The van der Waals surface area contributed by atoms with E-state index in [0.29, 0.717) is 27.3 Å². The molecule has 0 radical (unpaired) electrons. The summed E-state index contributed by atoms with van der Waals surface area (Å²) in [5.41, 5.74) is 1.15. The summed E-state index contributed by atoms with van der Waals surface area (Å²) in [4.78, 5) is 34.7. The lowest BCUT2D eigenvalue weighted by molar-refractivity contribution is -0.116. The summed E-state index contributed by atoms with van der Waals surface area (Å²) >= 11 is 1.26. The molecule has 0 bridgehead atoms. The van der Waals surface area contributed by atoms with E-state index in [1.54, 1.807) is 38.2 Å². The zero-order chi connectivity index (χ0) is 19.1. The zero-order valence-corrected chi connectivity index (χ0v) is 15.4. The average molecular weight is 382 g/mol. The molecule has 0 aliphatic heterocycles. The van der Waals surface area contributed by atoms with Crippen molar-refractivity contribution in [3.63, 3.8) is 0 Å². The molecule has 0 unspecified atom stereocenters. The molecule has 0 fully saturated rings. The molecule has 0 saturated heterocycles. The first-order chi connectivity index (χ1) is 12.9. The molecular weight excluding hydrogens is 367 g/mol. The van der Waals surface area contributed by atoms with E-state index in [2.05, 4.69) is 15.3 Å². The van der Waals surface area contributed by atoms with Gasteiger partial charge < -0.3 is 5.32 Å². The van der Waals surface area contributed by atoms with Gasteiger partial charge in [-0.25, -0.2) is 14.4 Å². The minimum Gasteiger partial charge on any atom is -0.324 e. The number of hydrogen-bond donors (Lipinski definition) is 1. The molecule has 1 aromatic carbocycles. The van der Waals surface area contributed by atoms with Crippen LogP contribution in [0.4, 0.5) is 10.1 Å². The van der Waals surface area contributed by atoms with Crippen molar-refractivity contribution in [1.82, 2.24) is 14.5 Å². The Morgan fingerprint density at radius 2 is 2.11 bits per heavy atom. The average Bonchev–Trinajstić information content (AvgIpc) is 3.01. The van der Waals surface area contributed by atoms with Gasteiger partial charge in [-0.3, -0.25) is 14.2 Å². The van der Waals surface area contributed by atoms with Gasteiger partial charge in [0, 0.05) is 17.3 Å². The quantitative estimate of drug-likeness (QED) is 0.589. The summed E-state index contributed by atoms with van der Waals surface area (Å²) in [5, 5.41) is 3.44. The Bertz CT molecular complexity index is 1260. The Hall–Kier alpha value is -3.13. The molecule has 1 N–H and O–H groups in total. The number of benzene rings is 1. The predicted octanol–water partition coefficient (Wildman–Crippen LogP) is 3.40. The molecule has 0 atom stereocenters. The second-order valence-electron chi connectivity index (χ2n) is 6.20. The number of anilines is 1. The zero-order valence-electron chi connectivity index (χ0n) is 14.6. The standard InChI is InChI=1S/C19H15FN4O2S/c1-10-5-6-12(8-14(10)20)23-15(25)9-24-11(2)22-16-13-4-3-7-21-18(13)27-17(16)19(24)26/h3-8H,9H2,1-2H3,(H,23,25). The van der Waals surface area contributed by atoms with Gasteiger partial charge in [0.2, 0.25) is 5.91 Å². The smallest absolute Gasteiger partial charge is 0.272 e. The molecule has 136 valence electrons. The SMILES string of the molecule is Cc1ccc(NC(=O)Cn2c(C)nc3c(sc4ncccc43)c2=O)cc1F. The Kier molecular flexibility index (Phi) is 4.19. The van der Waals surface area contributed by atoms with Crippen molar-refractivity contribution < 1.29 is 9.18 Å². The molecule has 4 aromatic rings. The largest absolute Gasteiger partial charge is 0.324 e. The van der Waals surface area contributed by atoms with Crippen molar-refractivity contribution in [3.05, 3.63) is 64.1 Å². The van der Waals surface area contributed by atoms with Crippen LogP contribution in [0.25, 0.3) is 20.4 Å². The van der Waals surface area contributed by atoms with Gasteiger partial charge in [0.15, 0.2) is 0 Å². The first-order valence-corrected chi connectivity index (χ1v) is 9.06. The monoisotopic (exact) mass is 382 g/mol. The van der Waals surface area contributed by atoms with Crippen molar-refractivity contribution in [2.75, 3.05) is 5.32 Å². The molecule has 0 saturated carbocycles. The molecule has 3 heterocycles. The van der Waals surface area contributed by atoms with Gasteiger partial charge in [-0.1, -0.05) is 6.07 Å². The summed E-state index contributed by atoms with van der Waals surface area (Å²) in [6, 6.07) is 8.12. The van der Waals surface area contributed by atoms with E-state index in [9.17, 15) is 14.0 Å². The lowest BCUT2D eigenvalue weighted by atomic mass is 10.2. The number of pyridine rings is 1. The third kappa shape index (κ3) is 3.08. The Labute approximate surface area is 157 Å². The number of carbonyl (C=O) groups is 1. The molecule has 0 aliphatic carbocycles. The number of rotatable bonds is 3. The lowest BCUT2D eigenvalue weighted by Gasteiger charge is -2.10. The van der Waals surface area contributed by atoms with Crippen LogP contribution in [0.1, 0.15) is 11.4 Å². The number of nitrogens with one attached hydrogen (secondary N) is 1. The highest BCUT2D eigenvalue weighted by molar-refractivity contribution is 7.25. The molecular formula is C19H15FN4O2S. The van der Waals surface area contributed by atoms with E-state index in [1.807, 2.05) is 6.07 Å². The Morgan fingerprint density at radius 1 is 1.30 bits per heavy atom. The molecule has 6 nitrogen and oxygen atoms in total. The van der Waals surface area contributed by atoms with E-state index in [1.165, 1.54) is 22.0 Å². The number of aryl methyl sites for hydroxylation is 2. The van der Waals surface area contributed by atoms with Crippen LogP contribution in [-0.2, 0) is 11.3 Å². The van der Waals surface area contributed by atoms with Crippen LogP contribution in [-0.4, -0.2) is 20.4 Å². The second kappa shape index (κ2) is 6.55. The summed E-state index contributed by atoms with van der Waals surface area (Å²) < 4.78 is 15.4. The second-order valence-corrected chi connectivity index (χ2v) is 7.20. The first kappa shape index (κ1) is 17.3. The third-order valence-corrected chi connectivity index (χ3v) is 5.39. The van der Waals surface area contributed by atoms with E-state index >= 15 is 0 Å². The maximum absolute atomic E-state index is 13.6. The fourth-order valence-corrected chi connectivity index (χ4v) is 3.90. The normalized spacial score (nSPS) is 11.2. The molecule has 1 amide bonds. The molecule has 27 heavy (non-hydrogen) atoms. The molecule has 0 spiro atoms. The number of hydrogen-bond acceptors (Lipinski definition) is 5. The van der Waals surface area contributed by atoms with Crippen LogP contribution < -0.4 is 10.9 Å². The number of aromatic nitrogens is 3. The number of thiophene rings is 1. The van der Waals surface area contributed by atoms with Gasteiger partial charge in [-0.2, -0.15) is 0 Å². The fourth-order valence-electron chi connectivity index (χ4n) is 2.87. The van der Waals surface area contributed by atoms with Crippen molar-refractivity contribution in [2.45, 2.75) is 20.4 Å². The van der Waals surface area contributed by atoms with Gasteiger partial charge in [0.05, 0.1) is 5.52 Å². The van der Waals surface area contributed by atoms with Crippen LogP contribution in [0.5, 0.6) is 0 Å². The molecule has 3 aromatic heterocycles. The van der Waals surface area contributed by atoms with Gasteiger partial charge in [0.1, 0.15) is 27.7 Å². The summed E-state index contributed by atoms with van der Waals surface area (Å²) in [7, 11) is 0. The number of fused-ring (bicyclic) bond motifs is 3. The lowest BCUT2D eigenvalue weighted by Crippen LogP contribution is -2.29. The van der Waals surface area contributed by atoms with Crippen molar-refractivity contribution >= 4 is 43.4 Å². The highest BCUT2D eigenvalue weighted by atomic mass is 32.1. The van der Waals surface area contributed by atoms with E-state index in [4.69, 9.17) is 0 Å². The first-order valence-electron chi connectivity index (χ1n) is 8.24. The van der Waals surface area contributed by atoms with Crippen LogP contribution in [0.15, 0.2) is 41.3 Å². The summed E-state index contributed by atoms with van der Waals surface area (Å²) in [6.45, 7) is 3.12. The highest BCUT2D eigenvalue weighted by Gasteiger charge is 2.16. The van der Waals surface area contributed by atoms with Crippen molar-refractivity contribution in [2.24, 2.45) is 0 Å². The van der Waals surface area contributed by atoms with E-state index < -0.39 is 11.7 Å². The number of amides is 1. The van der Waals surface area contributed by atoms with Crippen LogP contribution >= 0.6 is 11.3 Å². The minimum atomic E-state index is -0.427. The van der Waals surface area contributed by atoms with Gasteiger partial charge in [-0.05, 0) is 43.7 Å². The Morgan fingerprint density at radius 3 is 2.89 bits per heavy atom. The van der Waals surface area contributed by atoms with Crippen LogP contribution in [0, 0.1) is 19.7 Å². The third-order valence-electron chi connectivity index (χ3n) is 4.30. The van der Waals surface area contributed by atoms with Gasteiger partial charge >= 0.3 is 0 Å². The van der Waals surface area contributed by atoms with Gasteiger partial charge in [0.25, 0.3) is 5.56 Å². The topological polar surface area (TPSA) is 76.9 Å². The van der Waals surface area contributed by atoms with Crippen molar-refractivity contribution in [1.29, 1.82) is 0 Å². The predicted molar refractivity (Wildman–Crippen MR) is 104 cm³/mol. The van der Waals surface area contributed by atoms with Crippen LogP contribution in [0.3, 0.4) is 0 Å². The summed E-state index contributed by atoms with van der Waals surface area (Å²) in [5.74, 6) is -0.396. The highest BCUT2D eigenvalue weighted by Crippen LogP contribution is 2.28. The maximum Gasteiger partial charge on any atom is 0.272 e. The minimum absolute atomic E-state index is 0.204. The van der Waals surface area contributed by atoms with Crippen LogP contribution in [0.2, 0.25) is 0 Å². The maximum atomic E-state index is 13.6. The molecule has 0 aliphatic rings. The fraction of sp³-hybridized carbons (Fsp3) is 0.158. The van der Waals surface area contributed by atoms with Crippen molar-refractivity contribution in [3.8, 4) is 0 Å². The molecule has 4 rings (SSSR count). The summed E-state index contributed by atoms with van der Waals surface area (Å²) in [6.07, 6.45) is 1.66. The molecule has 8 heteroatoms. The Balaban J connectivity index is 1.69. The van der Waals surface area contributed by atoms with E-state index in [0.717, 1.165) is 10.2 Å². The van der Waals surface area contributed by atoms with Gasteiger partial charge in [-0.15, -0.1) is 11.3 Å².